The van der Waals surface area contributed by atoms with Crippen molar-refractivity contribution in [2.75, 3.05) is 0 Å². The molecule has 1 aromatic carbocycles. The van der Waals surface area contributed by atoms with E-state index in [9.17, 15) is 26.3 Å². The van der Waals surface area contributed by atoms with Crippen LogP contribution in [0.25, 0.3) is 0 Å². The average molecular weight is 254 g/mol. The largest absolute Gasteiger partial charge is 1.00 e. The van der Waals surface area contributed by atoms with Crippen LogP contribution in [0, 0.1) is 0 Å². The minimum Gasteiger partial charge on any atom is -1.00 e. The van der Waals surface area contributed by atoms with E-state index in [0.717, 1.165) is 0 Å². The summed E-state index contributed by atoms with van der Waals surface area (Å²) in [5.74, 6) is -1.07. The zero-order chi connectivity index (χ0) is 11.9. The molecule has 16 heavy (non-hydrogen) atoms. The zero-order valence-electron chi connectivity index (χ0n) is 8.95. The predicted octanol–water partition coefficient (Wildman–Crippen LogP) is 0.546. The van der Waals surface area contributed by atoms with Gasteiger partial charge in [0.25, 0.3) is 0 Å². The second kappa shape index (κ2) is 4.85. The van der Waals surface area contributed by atoms with Crippen LogP contribution in [-0.4, -0.2) is 5.11 Å². The van der Waals surface area contributed by atoms with Gasteiger partial charge in [-0.1, -0.05) is 0 Å². The van der Waals surface area contributed by atoms with Crippen molar-refractivity contribution in [3.63, 3.8) is 0 Å². The van der Waals surface area contributed by atoms with Gasteiger partial charge in [-0.05, 0) is 18.2 Å². The van der Waals surface area contributed by atoms with Crippen molar-refractivity contribution in [1.29, 1.82) is 0 Å². The maximum atomic E-state index is 12.1. The smallest absolute Gasteiger partial charge is 1.00 e. The van der Waals surface area contributed by atoms with Gasteiger partial charge < -0.3 is 6.53 Å². The first kappa shape index (κ1) is 15.6. The standard InChI is InChI=1S/C8H4F6O.Na.H/c9-7(10,11)4-1-5(8(12,13)14)3-6(15)2-4;;/h1-3,15H;;/q;+1;-1. The molecule has 1 N–H and O–H groups in total. The number of aromatic hydroxyl groups is 1. The van der Waals surface area contributed by atoms with Crippen LogP contribution in [0.1, 0.15) is 12.6 Å². The van der Waals surface area contributed by atoms with Gasteiger partial charge in [0, 0.05) is 0 Å². The molecule has 0 saturated heterocycles. The Morgan fingerprint density at radius 3 is 1.38 bits per heavy atom. The maximum Gasteiger partial charge on any atom is 1.00 e. The zero-order valence-corrected chi connectivity index (χ0v) is 9.95. The van der Waals surface area contributed by atoms with E-state index >= 15 is 0 Å². The fourth-order valence-electron chi connectivity index (χ4n) is 0.939. The molecule has 1 nitrogen and oxygen atoms in total. The molecule has 0 saturated carbocycles. The van der Waals surface area contributed by atoms with Crippen molar-refractivity contribution in [1.82, 2.24) is 0 Å². The Balaban J connectivity index is 0. The molecule has 0 amide bonds. The number of benzene rings is 1. The minimum absolute atomic E-state index is 0. The monoisotopic (exact) mass is 254 g/mol. The summed E-state index contributed by atoms with van der Waals surface area (Å²) in [6, 6.07) is 0.407. The second-order valence-electron chi connectivity index (χ2n) is 2.76. The number of alkyl halides is 6. The molecule has 0 spiro atoms. The Bertz CT molecular complexity index is 343. The van der Waals surface area contributed by atoms with E-state index in [1.165, 1.54) is 0 Å². The summed E-state index contributed by atoms with van der Waals surface area (Å²) in [4.78, 5) is 0. The first-order valence-electron chi connectivity index (χ1n) is 3.59. The average Bonchev–Trinajstić information content (AvgIpc) is 1.99. The van der Waals surface area contributed by atoms with Gasteiger partial charge in [0.2, 0.25) is 0 Å². The normalized spacial score (nSPS) is 12.1. The summed E-state index contributed by atoms with van der Waals surface area (Å²) >= 11 is 0. The summed E-state index contributed by atoms with van der Waals surface area (Å²) in [5, 5.41) is 8.72. The molecular formula is C8H5F6NaO. The number of hydrogen-bond donors (Lipinski definition) is 1. The van der Waals surface area contributed by atoms with Gasteiger partial charge in [0.15, 0.2) is 0 Å². The van der Waals surface area contributed by atoms with E-state index in [0.29, 0.717) is 0 Å². The predicted molar refractivity (Wildman–Crippen MR) is 39.2 cm³/mol. The minimum atomic E-state index is -4.92. The summed E-state index contributed by atoms with van der Waals surface area (Å²) in [5.41, 5.74) is -3.07. The third kappa shape index (κ3) is 3.88. The van der Waals surface area contributed by atoms with Gasteiger partial charge in [0.05, 0.1) is 11.1 Å². The van der Waals surface area contributed by atoms with E-state index in [1.807, 2.05) is 0 Å². The number of phenolic OH excluding ortho intramolecular Hbond substituents is 1. The molecule has 0 aliphatic carbocycles. The van der Waals surface area contributed by atoms with Crippen LogP contribution >= 0.6 is 0 Å². The molecule has 0 atom stereocenters. The van der Waals surface area contributed by atoms with Gasteiger partial charge >= 0.3 is 41.9 Å². The Kier molecular flexibility index (Phi) is 4.73. The molecule has 0 heterocycles. The Labute approximate surface area is 110 Å². The van der Waals surface area contributed by atoms with Crippen LogP contribution < -0.4 is 29.6 Å². The van der Waals surface area contributed by atoms with Crippen LogP contribution in [0.15, 0.2) is 18.2 Å². The van der Waals surface area contributed by atoms with E-state index in [-0.39, 0.29) is 49.2 Å². The van der Waals surface area contributed by atoms with Crippen LogP contribution in [0.3, 0.4) is 0 Å². The first-order valence-corrected chi connectivity index (χ1v) is 3.59. The third-order valence-electron chi connectivity index (χ3n) is 1.57. The maximum absolute atomic E-state index is 12.1. The van der Waals surface area contributed by atoms with Crippen LogP contribution in [0.5, 0.6) is 5.75 Å². The Morgan fingerprint density at radius 1 is 0.812 bits per heavy atom. The second-order valence-corrected chi connectivity index (χ2v) is 2.76. The summed E-state index contributed by atoms with van der Waals surface area (Å²) < 4.78 is 72.3. The molecule has 0 aliphatic rings. The van der Waals surface area contributed by atoms with Crippen molar-refractivity contribution in [2.24, 2.45) is 0 Å². The molecule has 0 aromatic heterocycles. The summed E-state index contributed by atoms with van der Waals surface area (Å²) in [7, 11) is 0. The third-order valence-corrected chi connectivity index (χ3v) is 1.57. The summed E-state index contributed by atoms with van der Waals surface area (Å²) in [6.07, 6.45) is -9.84. The molecule has 0 fully saturated rings. The first-order chi connectivity index (χ1) is 6.60. The quantitative estimate of drug-likeness (QED) is 0.529. The molecule has 86 valence electrons. The van der Waals surface area contributed by atoms with Gasteiger partial charge in [-0.2, -0.15) is 26.3 Å². The van der Waals surface area contributed by atoms with Gasteiger partial charge in [0.1, 0.15) is 5.75 Å². The number of rotatable bonds is 0. The molecule has 0 radical (unpaired) electrons. The Hall–Kier alpha value is -0.400. The molecular weight excluding hydrogens is 249 g/mol. The van der Waals surface area contributed by atoms with Crippen LogP contribution in [-0.2, 0) is 12.4 Å². The van der Waals surface area contributed by atoms with Crippen molar-refractivity contribution in [2.45, 2.75) is 12.4 Å². The van der Waals surface area contributed by atoms with Crippen molar-refractivity contribution in [3.8, 4) is 5.75 Å². The van der Waals surface area contributed by atoms with Gasteiger partial charge in [-0.3, -0.25) is 0 Å². The van der Waals surface area contributed by atoms with E-state index in [2.05, 4.69) is 0 Å². The Morgan fingerprint density at radius 2 is 1.12 bits per heavy atom. The van der Waals surface area contributed by atoms with Crippen molar-refractivity contribution >= 4 is 0 Å². The van der Waals surface area contributed by atoms with Gasteiger partial charge in [-0.15, -0.1) is 0 Å². The molecule has 1 aromatic rings. The van der Waals surface area contributed by atoms with Gasteiger partial charge in [-0.25, -0.2) is 0 Å². The van der Waals surface area contributed by atoms with E-state index in [4.69, 9.17) is 5.11 Å². The summed E-state index contributed by atoms with van der Waals surface area (Å²) in [6.45, 7) is 0. The fraction of sp³-hybridized carbons (Fsp3) is 0.250. The van der Waals surface area contributed by atoms with Crippen LogP contribution in [0.2, 0.25) is 0 Å². The molecule has 0 bridgehead atoms. The van der Waals surface area contributed by atoms with Crippen molar-refractivity contribution in [3.05, 3.63) is 29.3 Å². The van der Waals surface area contributed by atoms with Crippen molar-refractivity contribution < 1.29 is 62.4 Å². The topological polar surface area (TPSA) is 20.2 Å². The number of halogens is 6. The molecule has 0 unspecified atom stereocenters. The number of phenols is 1. The molecule has 1 rings (SSSR count). The molecule has 0 aliphatic heterocycles. The fourth-order valence-corrected chi connectivity index (χ4v) is 0.939. The van der Waals surface area contributed by atoms with E-state index in [1.54, 1.807) is 0 Å². The van der Waals surface area contributed by atoms with E-state index < -0.39 is 29.2 Å². The SMILES string of the molecule is Oc1cc(C(F)(F)F)cc(C(F)(F)F)c1.[H-].[Na+]. The number of hydrogen-bond acceptors (Lipinski definition) is 1. The van der Waals surface area contributed by atoms with Crippen LogP contribution in [0.4, 0.5) is 26.3 Å². The molecule has 8 heteroatoms.